The predicted molar refractivity (Wildman–Crippen MR) is 82.8 cm³/mol. The normalized spacial score (nSPS) is 10.4. The van der Waals surface area contributed by atoms with Gasteiger partial charge in [-0.2, -0.15) is 0 Å². The van der Waals surface area contributed by atoms with Crippen molar-refractivity contribution < 1.29 is 4.79 Å². The Morgan fingerprint density at radius 1 is 1.25 bits per heavy atom. The van der Waals surface area contributed by atoms with Gasteiger partial charge >= 0.3 is 0 Å². The standard InChI is InChI=1S/C13H10Cl3N3O/c1-6-2-3-8(14)12(11(6)16)19-13(20)7-4-10(17)18-5-9(7)15/h2-5H,1H3,(H2,17,18)(H,19,20). The Hall–Kier alpha value is -1.49. The van der Waals surface area contributed by atoms with Gasteiger partial charge in [-0.1, -0.05) is 40.9 Å². The van der Waals surface area contributed by atoms with Gasteiger partial charge in [0.15, 0.2) is 0 Å². The Kier molecular flexibility index (Phi) is 4.38. The zero-order chi connectivity index (χ0) is 14.9. The lowest BCUT2D eigenvalue weighted by molar-refractivity contribution is 0.102. The van der Waals surface area contributed by atoms with Crippen LogP contribution in [0.15, 0.2) is 24.4 Å². The first kappa shape index (κ1) is 14.9. The highest BCUT2D eigenvalue weighted by Gasteiger charge is 2.16. The lowest BCUT2D eigenvalue weighted by atomic mass is 10.2. The third kappa shape index (κ3) is 2.98. The number of benzene rings is 1. The fraction of sp³-hybridized carbons (Fsp3) is 0.0769. The van der Waals surface area contributed by atoms with Gasteiger partial charge in [0, 0.05) is 6.20 Å². The lowest BCUT2D eigenvalue weighted by Crippen LogP contribution is -2.14. The van der Waals surface area contributed by atoms with Crippen LogP contribution in [-0.2, 0) is 0 Å². The van der Waals surface area contributed by atoms with Crippen molar-refractivity contribution >= 4 is 52.2 Å². The van der Waals surface area contributed by atoms with E-state index in [1.807, 2.05) is 6.92 Å². The van der Waals surface area contributed by atoms with E-state index in [9.17, 15) is 4.79 Å². The summed E-state index contributed by atoms with van der Waals surface area (Å²) in [5, 5.41) is 3.54. The van der Waals surface area contributed by atoms with Gasteiger partial charge in [0.25, 0.3) is 5.91 Å². The Morgan fingerprint density at radius 2 is 1.95 bits per heavy atom. The summed E-state index contributed by atoms with van der Waals surface area (Å²) in [5.41, 5.74) is 6.88. The minimum absolute atomic E-state index is 0.191. The van der Waals surface area contributed by atoms with E-state index in [4.69, 9.17) is 40.5 Å². The number of amides is 1. The highest BCUT2D eigenvalue weighted by molar-refractivity contribution is 6.41. The van der Waals surface area contributed by atoms with E-state index in [-0.39, 0.29) is 16.4 Å². The summed E-state index contributed by atoms with van der Waals surface area (Å²) in [5.74, 6) is -0.264. The average Bonchev–Trinajstić information content (AvgIpc) is 2.41. The molecule has 1 amide bonds. The minimum Gasteiger partial charge on any atom is -0.384 e. The number of nitrogens with two attached hydrogens (primary N) is 1. The van der Waals surface area contributed by atoms with Crippen LogP contribution >= 0.6 is 34.8 Å². The molecule has 2 aromatic rings. The summed E-state index contributed by atoms with van der Waals surface area (Å²) in [6.07, 6.45) is 1.31. The molecule has 1 aromatic heterocycles. The number of hydrogen-bond acceptors (Lipinski definition) is 3. The number of nitrogens with one attached hydrogen (secondary N) is 1. The van der Waals surface area contributed by atoms with Gasteiger partial charge in [0.2, 0.25) is 0 Å². The molecule has 4 nitrogen and oxygen atoms in total. The Labute approximate surface area is 130 Å². The summed E-state index contributed by atoms with van der Waals surface area (Å²) in [4.78, 5) is 16.0. The molecule has 104 valence electrons. The van der Waals surface area contributed by atoms with Crippen molar-refractivity contribution in [1.29, 1.82) is 0 Å². The Morgan fingerprint density at radius 3 is 2.65 bits per heavy atom. The van der Waals surface area contributed by atoms with Gasteiger partial charge in [-0.15, -0.1) is 0 Å². The van der Waals surface area contributed by atoms with Crippen molar-refractivity contribution in [1.82, 2.24) is 4.98 Å². The summed E-state index contributed by atoms with van der Waals surface area (Å²) in [7, 11) is 0. The molecule has 0 aliphatic rings. The van der Waals surface area contributed by atoms with Crippen LogP contribution in [0.2, 0.25) is 15.1 Å². The van der Waals surface area contributed by atoms with Crippen LogP contribution in [0, 0.1) is 6.92 Å². The van der Waals surface area contributed by atoms with Crippen molar-refractivity contribution in [2.45, 2.75) is 6.92 Å². The van der Waals surface area contributed by atoms with Gasteiger partial charge < -0.3 is 11.1 Å². The van der Waals surface area contributed by atoms with Crippen molar-refractivity contribution in [2.24, 2.45) is 0 Å². The second-order valence-corrected chi connectivity index (χ2v) is 5.29. The van der Waals surface area contributed by atoms with E-state index >= 15 is 0 Å². The van der Waals surface area contributed by atoms with Gasteiger partial charge in [-0.25, -0.2) is 4.98 Å². The zero-order valence-corrected chi connectivity index (χ0v) is 12.6. The molecule has 20 heavy (non-hydrogen) atoms. The smallest absolute Gasteiger partial charge is 0.257 e. The fourth-order valence-corrected chi connectivity index (χ4v) is 2.24. The molecular weight excluding hydrogens is 321 g/mol. The first-order chi connectivity index (χ1) is 9.40. The van der Waals surface area contributed by atoms with E-state index in [0.29, 0.717) is 15.7 Å². The van der Waals surface area contributed by atoms with Gasteiger partial charge in [0.1, 0.15) is 5.82 Å². The molecule has 0 radical (unpaired) electrons. The van der Waals surface area contributed by atoms with Crippen LogP contribution < -0.4 is 11.1 Å². The van der Waals surface area contributed by atoms with Crippen LogP contribution in [0.4, 0.5) is 11.5 Å². The molecule has 3 N–H and O–H groups in total. The number of halogens is 3. The average molecular weight is 331 g/mol. The van der Waals surface area contributed by atoms with Gasteiger partial charge in [-0.3, -0.25) is 4.79 Å². The van der Waals surface area contributed by atoms with Gasteiger partial charge in [0.05, 0.1) is 26.3 Å². The molecule has 0 atom stereocenters. The fourth-order valence-electron chi connectivity index (χ4n) is 1.58. The molecule has 7 heteroatoms. The van der Waals surface area contributed by atoms with E-state index in [1.54, 1.807) is 12.1 Å². The molecule has 0 bridgehead atoms. The Bertz CT molecular complexity index is 689. The van der Waals surface area contributed by atoms with Crippen LogP contribution in [0.5, 0.6) is 0 Å². The topological polar surface area (TPSA) is 68.0 Å². The molecular formula is C13H10Cl3N3O. The SMILES string of the molecule is Cc1ccc(Cl)c(NC(=O)c2cc(N)ncc2Cl)c1Cl. The Balaban J connectivity index is 2.38. The van der Waals surface area contributed by atoms with Crippen molar-refractivity contribution in [3.05, 3.63) is 50.6 Å². The van der Waals surface area contributed by atoms with Crippen molar-refractivity contribution in [3.8, 4) is 0 Å². The first-order valence-corrected chi connectivity index (χ1v) is 6.70. The summed E-state index contributed by atoms with van der Waals surface area (Å²) in [6.45, 7) is 1.81. The maximum Gasteiger partial charge on any atom is 0.257 e. The molecule has 0 unspecified atom stereocenters. The maximum absolute atomic E-state index is 12.2. The molecule has 1 aromatic carbocycles. The molecule has 0 aliphatic carbocycles. The van der Waals surface area contributed by atoms with Gasteiger partial charge in [-0.05, 0) is 24.6 Å². The number of aromatic nitrogens is 1. The van der Waals surface area contributed by atoms with E-state index in [2.05, 4.69) is 10.3 Å². The number of hydrogen-bond donors (Lipinski definition) is 2. The second-order valence-electron chi connectivity index (χ2n) is 4.10. The highest BCUT2D eigenvalue weighted by Crippen LogP contribution is 2.33. The van der Waals surface area contributed by atoms with Crippen molar-refractivity contribution in [3.63, 3.8) is 0 Å². The molecule has 0 saturated carbocycles. The van der Waals surface area contributed by atoms with E-state index < -0.39 is 5.91 Å². The van der Waals surface area contributed by atoms with Crippen molar-refractivity contribution in [2.75, 3.05) is 11.1 Å². The number of nitrogens with zero attached hydrogens (tertiary/aromatic N) is 1. The number of rotatable bonds is 2. The first-order valence-electron chi connectivity index (χ1n) is 5.57. The number of carbonyl (C=O) groups is 1. The monoisotopic (exact) mass is 329 g/mol. The van der Waals surface area contributed by atoms with Crippen LogP contribution in [0.25, 0.3) is 0 Å². The lowest BCUT2D eigenvalue weighted by Gasteiger charge is -2.12. The number of nitrogen functional groups attached to an aromatic ring is 1. The molecule has 0 saturated heterocycles. The summed E-state index contributed by atoms with van der Waals surface area (Å²) < 4.78 is 0. The quantitative estimate of drug-likeness (QED) is 0.867. The molecule has 0 aliphatic heterocycles. The molecule has 1 heterocycles. The van der Waals surface area contributed by atoms with Crippen LogP contribution in [-0.4, -0.2) is 10.9 Å². The van der Waals surface area contributed by atoms with Crippen LogP contribution in [0.3, 0.4) is 0 Å². The van der Waals surface area contributed by atoms with E-state index in [0.717, 1.165) is 5.56 Å². The minimum atomic E-state index is -0.460. The summed E-state index contributed by atoms with van der Waals surface area (Å²) in [6, 6.07) is 4.80. The molecule has 0 fully saturated rings. The van der Waals surface area contributed by atoms with Crippen LogP contribution in [0.1, 0.15) is 15.9 Å². The largest absolute Gasteiger partial charge is 0.384 e. The third-order valence-corrected chi connectivity index (χ3v) is 3.75. The third-order valence-electron chi connectivity index (χ3n) is 2.64. The number of pyridine rings is 1. The number of carbonyl (C=O) groups excluding carboxylic acids is 1. The number of aryl methyl sites for hydroxylation is 1. The zero-order valence-electron chi connectivity index (χ0n) is 10.4. The predicted octanol–water partition coefficient (Wildman–Crippen LogP) is 4.18. The molecule has 2 rings (SSSR count). The van der Waals surface area contributed by atoms with E-state index in [1.165, 1.54) is 12.3 Å². The maximum atomic E-state index is 12.2. The second kappa shape index (κ2) is 5.87. The molecule has 0 spiro atoms. The summed E-state index contributed by atoms with van der Waals surface area (Å²) >= 11 is 18.1. The number of anilines is 2. The highest BCUT2D eigenvalue weighted by atomic mass is 35.5.